The van der Waals surface area contributed by atoms with Gasteiger partial charge in [-0.15, -0.1) is 0 Å². The lowest BCUT2D eigenvalue weighted by Gasteiger charge is -2.21. The Morgan fingerprint density at radius 3 is 0.776 bits per heavy atom. The topological polar surface area (TPSA) is 263 Å². The minimum absolute atomic E-state index is 0.0400. The molecule has 4 N–H and O–H groups in total. The van der Waals surface area contributed by atoms with Gasteiger partial charge in [-0.1, -0.05) is 234 Å². The summed E-state index contributed by atoms with van der Waals surface area (Å²) in [5, 5.41) is 5.46. The van der Waals surface area contributed by atoms with E-state index < -0.39 is 53.8 Å². The van der Waals surface area contributed by atoms with E-state index >= 15 is 0 Å². The highest BCUT2D eigenvalue weighted by Gasteiger charge is 2.29. The average Bonchev–Trinajstić information content (AvgIpc) is 0.888. The van der Waals surface area contributed by atoms with Crippen molar-refractivity contribution in [3.63, 3.8) is 0 Å². The van der Waals surface area contributed by atoms with E-state index in [2.05, 4.69) is 66.0 Å². The predicted molar refractivity (Wildman–Crippen MR) is 461 cm³/mol. The zero-order valence-electron chi connectivity index (χ0n) is 72.8. The highest BCUT2D eigenvalue weighted by molar-refractivity contribution is 5.89. The van der Waals surface area contributed by atoms with Crippen LogP contribution in [0, 0.1) is 0 Å². The molecule has 21 heteroatoms. The number of carbonyl (C=O) groups is 6. The maximum absolute atomic E-state index is 14.2. The third kappa shape index (κ3) is 46.3. The molecule has 0 fully saturated rings. The van der Waals surface area contributed by atoms with E-state index in [0.717, 1.165) is 228 Å². The molecule has 2 amide bonds. The van der Waals surface area contributed by atoms with Gasteiger partial charge in [0.2, 0.25) is 11.8 Å². The number of hydrogen-bond acceptors (Lipinski definition) is 19. The van der Waals surface area contributed by atoms with Crippen molar-refractivity contribution in [2.75, 3.05) is 79.3 Å². The SMILES string of the molecule is CCCCCCOc1ccc(CCOC(=O)CC[C@H](NC(=O)CC[C@@H](N)C(=O)N[C@@H](CCC(=O)OCCc2ccc(OCCCCCC)c(OCCCCCC)c2)C(=O)OCCc2ccc(OCCCCCC)c(OCCCCCC)c2)C(=O)OCCc2ccc(OCCCCCC)c(OCCCCCC)c2)cc1OCCCCCC. The molecule has 654 valence electrons. The van der Waals surface area contributed by atoms with Gasteiger partial charge in [-0.05, 0) is 141 Å². The van der Waals surface area contributed by atoms with Gasteiger partial charge in [0.1, 0.15) is 12.1 Å². The standard InChI is InChI=1S/C95H151N3O18/c1-9-17-25-33-59-105-82-48-41-75(71-86(82)109-63-37-29-21-13-5)55-67-113-91(100)53-46-80(94(103)115-69-57-77-43-50-84(107-61-35-27-19-11-3)88(73-77)111-65-39-31-23-15-7)97-90(99)52-45-79(96)93(102)98-81(95(104)116-70-58-78-44-51-85(108-62-36-28-20-12-4)89(74-78)112-66-40-32-24-16-8)47-54-92(101)114-68-56-76-42-49-83(106-60-34-26-18-10-2)87(72-76)110-64-38-30-22-14-6/h41-44,48-51,71-74,79-81H,9-40,45-47,52-70,96H2,1-8H3,(H,97,99)(H,98,102)/t79-,80+,81+/m1/s1. The predicted octanol–water partition coefficient (Wildman–Crippen LogP) is 20.4. The molecule has 0 bridgehead atoms. The molecule has 21 nitrogen and oxygen atoms in total. The zero-order valence-corrected chi connectivity index (χ0v) is 72.8. The van der Waals surface area contributed by atoms with E-state index in [4.69, 9.17) is 62.6 Å². The van der Waals surface area contributed by atoms with Crippen LogP contribution < -0.4 is 54.3 Å². The lowest BCUT2D eigenvalue weighted by Crippen LogP contribution is -2.49. The number of benzene rings is 4. The van der Waals surface area contributed by atoms with Crippen molar-refractivity contribution < 1.29 is 85.6 Å². The number of nitrogens with one attached hydrogen (secondary N) is 2. The lowest BCUT2D eigenvalue weighted by atomic mass is 10.1. The fourth-order valence-electron chi connectivity index (χ4n) is 12.9. The van der Waals surface area contributed by atoms with E-state index in [1.165, 1.54) is 0 Å². The number of esters is 4. The highest BCUT2D eigenvalue weighted by atomic mass is 16.6. The van der Waals surface area contributed by atoms with Crippen LogP contribution in [0.15, 0.2) is 72.8 Å². The summed E-state index contributed by atoms with van der Waals surface area (Å²) in [6, 6.07) is 19.0. The second-order valence-electron chi connectivity index (χ2n) is 30.6. The molecular formula is C95H151N3O18. The Balaban J connectivity index is 1.52. The number of unbranched alkanes of at least 4 members (excludes halogenated alkanes) is 24. The van der Waals surface area contributed by atoms with Gasteiger partial charge < -0.3 is 73.2 Å². The molecule has 0 saturated carbocycles. The van der Waals surface area contributed by atoms with Crippen LogP contribution in [-0.2, 0) is 73.4 Å². The molecule has 0 heterocycles. The Labute approximate surface area is 697 Å². The van der Waals surface area contributed by atoms with Crippen molar-refractivity contribution in [1.29, 1.82) is 0 Å². The van der Waals surface area contributed by atoms with Crippen molar-refractivity contribution in [3.8, 4) is 46.0 Å². The molecule has 0 aliphatic rings. The van der Waals surface area contributed by atoms with Crippen LogP contribution in [0.1, 0.15) is 322 Å². The van der Waals surface area contributed by atoms with Gasteiger partial charge in [-0.25, -0.2) is 9.59 Å². The smallest absolute Gasteiger partial charge is 0.328 e. The lowest BCUT2D eigenvalue weighted by molar-refractivity contribution is -0.150. The highest BCUT2D eigenvalue weighted by Crippen LogP contribution is 2.34. The van der Waals surface area contributed by atoms with Crippen LogP contribution in [0.25, 0.3) is 0 Å². The van der Waals surface area contributed by atoms with Crippen molar-refractivity contribution in [2.24, 2.45) is 5.73 Å². The molecule has 0 unspecified atom stereocenters. The van der Waals surface area contributed by atoms with E-state index in [-0.39, 0.29) is 65.0 Å². The van der Waals surface area contributed by atoms with Gasteiger partial charge >= 0.3 is 23.9 Å². The third-order valence-electron chi connectivity index (χ3n) is 20.2. The van der Waals surface area contributed by atoms with Crippen molar-refractivity contribution >= 4 is 35.7 Å². The van der Waals surface area contributed by atoms with Gasteiger partial charge in [0.05, 0.1) is 85.3 Å². The number of carbonyl (C=O) groups excluding carboxylic acids is 6. The number of ether oxygens (including phenoxy) is 12. The van der Waals surface area contributed by atoms with Crippen LogP contribution in [-0.4, -0.2) is 133 Å². The van der Waals surface area contributed by atoms with Gasteiger partial charge in [-0.3, -0.25) is 19.2 Å². The fourth-order valence-corrected chi connectivity index (χ4v) is 12.9. The summed E-state index contributed by atoms with van der Waals surface area (Å²) < 4.78 is 73.1. The fraction of sp³-hybridized carbons (Fsp3) is 0.684. The molecule has 0 aliphatic carbocycles. The molecule has 4 aromatic carbocycles. The first-order chi connectivity index (χ1) is 56.7. The summed E-state index contributed by atoms with van der Waals surface area (Å²) in [7, 11) is 0. The Bertz CT molecular complexity index is 3270. The normalized spacial score (nSPS) is 11.9. The second kappa shape index (κ2) is 66.0. The molecule has 116 heavy (non-hydrogen) atoms. The maximum Gasteiger partial charge on any atom is 0.328 e. The van der Waals surface area contributed by atoms with Gasteiger partial charge in [-0.2, -0.15) is 0 Å². The van der Waals surface area contributed by atoms with Crippen molar-refractivity contribution in [3.05, 3.63) is 95.1 Å². The molecule has 0 aliphatic heterocycles. The minimum atomic E-state index is -1.34. The number of rotatable bonds is 74. The monoisotopic (exact) mass is 1620 g/mol. The van der Waals surface area contributed by atoms with E-state index in [1.807, 2.05) is 72.8 Å². The van der Waals surface area contributed by atoms with Crippen LogP contribution in [0.4, 0.5) is 0 Å². The van der Waals surface area contributed by atoms with E-state index in [0.29, 0.717) is 125 Å². The molecule has 3 atom stereocenters. The second-order valence-corrected chi connectivity index (χ2v) is 30.6. The molecule has 4 aromatic rings. The summed E-state index contributed by atoms with van der Waals surface area (Å²) in [6.45, 7) is 21.8. The van der Waals surface area contributed by atoms with Crippen molar-refractivity contribution in [2.45, 2.75) is 343 Å². The summed E-state index contributed by atoms with van der Waals surface area (Å²) in [5.41, 5.74) is 10.0. The first kappa shape index (κ1) is 100. The van der Waals surface area contributed by atoms with E-state index in [9.17, 15) is 28.8 Å². The maximum atomic E-state index is 14.2. The third-order valence-corrected chi connectivity index (χ3v) is 20.2. The first-order valence-corrected chi connectivity index (χ1v) is 45.2. The summed E-state index contributed by atoms with van der Waals surface area (Å²) in [5.74, 6) is 1.03. The average molecular weight is 1620 g/mol. The molecule has 0 saturated heterocycles. The van der Waals surface area contributed by atoms with Crippen LogP contribution in [0.3, 0.4) is 0 Å². The Kier molecular flexibility index (Phi) is 57.2. The summed E-state index contributed by atoms with van der Waals surface area (Å²) >= 11 is 0. The van der Waals surface area contributed by atoms with E-state index in [1.54, 1.807) is 0 Å². The Morgan fingerprint density at radius 2 is 0.517 bits per heavy atom. The quantitative estimate of drug-likeness (QED) is 0.0211. The van der Waals surface area contributed by atoms with Crippen molar-refractivity contribution in [1.82, 2.24) is 10.6 Å². The number of hydrogen-bond donors (Lipinski definition) is 3. The van der Waals surface area contributed by atoms with Crippen LogP contribution >= 0.6 is 0 Å². The van der Waals surface area contributed by atoms with Crippen LogP contribution in [0.5, 0.6) is 46.0 Å². The number of amides is 2. The van der Waals surface area contributed by atoms with Gasteiger partial charge in [0, 0.05) is 44.9 Å². The summed E-state index contributed by atoms with van der Waals surface area (Å²) in [4.78, 5) is 83.8. The first-order valence-electron chi connectivity index (χ1n) is 45.2. The van der Waals surface area contributed by atoms with Gasteiger partial charge in [0.15, 0.2) is 46.0 Å². The molecule has 0 aromatic heterocycles. The molecular weight excluding hydrogens is 1470 g/mol. The molecule has 0 spiro atoms. The largest absolute Gasteiger partial charge is 0.490 e. The minimum Gasteiger partial charge on any atom is -0.490 e. The summed E-state index contributed by atoms with van der Waals surface area (Å²) in [6.07, 6.45) is 33.9. The zero-order chi connectivity index (χ0) is 83.7. The Hall–Kier alpha value is -7.94. The van der Waals surface area contributed by atoms with Crippen LogP contribution in [0.2, 0.25) is 0 Å². The molecule has 4 rings (SSSR count). The molecule has 0 radical (unpaired) electrons. The number of nitrogens with two attached hydrogens (primary N) is 1. The van der Waals surface area contributed by atoms with Gasteiger partial charge in [0.25, 0.3) is 0 Å². The Morgan fingerprint density at radius 1 is 0.276 bits per heavy atom.